The van der Waals surface area contributed by atoms with Crippen LogP contribution in [0.4, 0.5) is 17.5 Å². The summed E-state index contributed by atoms with van der Waals surface area (Å²) in [6, 6.07) is 5.61. The summed E-state index contributed by atoms with van der Waals surface area (Å²) in [6.45, 7) is 0. The summed E-state index contributed by atoms with van der Waals surface area (Å²) in [5.41, 5.74) is 5.25. The molecular weight excluding hydrogens is 272 g/mol. The number of nitrogens with one attached hydrogen (secondary N) is 2. The van der Waals surface area contributed by atoms with Crippen molar-refractivity contribution in [2.24, 2.45) is 5.14 Å². The van der Waals surface area contributed by atoms with Crippen LogP contribution < -0.4 is 21.7 Å². The quantitative estimate of drug-likeness (QED) is 0.570. The van der Waals surface area contributed by atoms with Crippen molar-refractivity contribution in [3.8, 4) is 0 Å². The second-order valence-corrected chi connectivity index (χ2v) is 5.13. The highest BCUT2D eigenvalue weighted by molar-refractivity contribution is 7.89. The number of benzene rings is 1. The fourth-order valence-corrected chi connectivity index (χ4v) is 1.78. The second-order valence-electron chi connectivity index (χ2n) is 3.57. The van der Waals surface area contributed by atoms with Crippen LogP contribution in [-0.4, -0.2) is 23.6 Å². The van der Waals surface area contributed by atoms with Gasteiger partial charge in [-0.25, -0.2) is 18.7 Å². The Labute approximate surface area is 107 Å². The van der Waals surface area contributed by atoms with E-state index in [9.17, 15) is 13.2 Å². The zero-order chi connectivity index (χ0) is 14.0. The van der Waals surface area contributed by atoms with Gasteiger partial charge in [-0.15, -0.1) is 5.10 Å². The first-order valence-corrected chi connectivity index (χ1v) is 6.53. The number of sulfonamides is 1. The lowest BCUT2D eigenvalue weighted by atomic mass is 10.3. The Bertz CT molecular complexity index is 752. The Morgan fingerprint density at radius 3 is 2.37 bits per heavy atom. The summed E-state index contributed by atoms with van der Waals surface area (Å²) in [4.78, 5) is 14.7. The lowest BCUT2D eigenvalue weighted by Gasteiger charge is -2.05. The van der Waals surface area contributed by atoms with E-state index >= 15 is 0 Å². The van der Waals surface area contributed by atoms with Crippen LogP contribution in [0.25, 0.3) is 0 Å². The topological polar surface area (TPSA) is 157 Å². The fourth-order valence-electron chi connectivity index (χ4n) is 1.26. The molecule has 2 aromatic rings. The predicted octanol–water partition coefficient (Wildman–Crippen LogP) is -0.862. The average molecular weight is 282 g/mol. The Kier molecular flexibility index (Phi) is 3.19. The minimum Gasteiger partial charge on any atom is -0.379 e. The number of aromatic amines is 1. The Hall–Kier alpha value is -2.46. The van der Waals surface area contributed by atoms with Crippen LogP contribution in [0.3, 0.4) is 0 Å². The molecule has 100 valence electrons. The SMILES string of the molecule is Nc1nc(Nc2ccc(S(N)(=O)=O)cc2)n[nH]c1=O. The van der Waals surface area contributed by atoms with Gasteiger partial charge in [-0.3, -0.25) is 4.79 Å². The number of hydrogen-bond donors (Lipinski definition) is 4. The molecule has 6 N–H and O–H groups in total. The van der Waals surface area contributed by atoms with Crippen molar-refractivity contribution in [3.63, 3.8) is 0 Å². The third kappa shape index (κ3) is 3.05. The van der Waals surface area contributed by atoms with Crippen molar-refractivity contribution in [1.82, 2.24) is 15.2 Å². The third-order valence-electron chi connectivity index (χ3n) is 2.16. The number of primary sulfonamides is 1. The highest BCUT2D eigenvalue weighted by atomic mass is 32.2. The molecule has 0 bridgehead atoms. The van der Waals surface area contributed by atoms with E-state index in [2.05, 4.69) is 20.5 Å². The van der Waals surface area contributed by atoms with Gasteiger partial charge in [-0.2, -0.15) is 4.98 Å². The van der Waals surface area contributed by atoms with Gasteiger partial charge >= 0.3 is 5.56 Å². The summed E-state index contributed by atoms with van der Waals surface area (Å²) in [5, 5.41) is 13.5. The summed E-state index contributed by atoms with van der Waals surface area (Å²) in [5.74, 6) is -0.140. The lowest BCUT2D eigenvalue weighted by Crippen LogP contribution is -2.17. The van der Waals surface area contributed by atoms with Gasteiger partial charge in [0.15, 0.2) is 5.82 Å². The van der Waals surface area contributed by atoms with Crippen LogP contribution in [-0.2, 0) is 10.0 Å². The minimum atomic E-state index is -3.73. The smallest absolute Gasteiger partial charge is 0.306 e. The van der Waals surface area contributed by atoms with E-state index in [0.717, 1.165) is 0 Å². The number of nitrogen functional groups attached to an aromatic ring is 1. The Balaban J connectivity index is 2.24. The number of hydrogen-bond acceptors (Lipinski definition) is 7. The van der Waals surface area contributed by atoms with E-state index in [-0.39, 0.29) is 16.7 Å². The molecule has 2 rings (SSSR count). The van der Waals surface area contributed by atoms with Crippen LogP contribution in [0.1, 0.15) is 0 Å². The van der Waals surface area contributed by atoms with Crippen LogP contribution in [0, 0.1) is 0 Å². The molecule has 9 nitrogen and oxygen atoms in total. The molecule has 0 saturated heterocycles. The summed E-state index contributed by atoms with van der Waals surface area (Å²) in [6.07, 6.45) is 0. The lowest BCUT2D eigenvalue weighted by molar-refractivity contribution is 0.598. The molecule has 10 heteroatoms. The van der Waals surface area contributed by atoms with Crippen molar-refractivity contribution in [2.45, 2.75) is 4.90 Å². The van der Waals surface area contributed by atoms with Crippen LogP contribution in [0.15, 0.2) is 34.0 Å². The van der Waals surface area contributed by atoms with Gasteiger partial charge in [0.1, 0.15) is 0 Å². The normalized spacial score (nSPS) is 11.2. The molecule has 0 unspecified atom stereocenters. The fraction of sp³-hybridized carbons (Fsp3) is 0. The highest BCUT2D eigenvalue weighted by Gasteiger charge is 2.07. The minimum absolute atomic E-state index is 0.0139. The Morgan fingerprint density at radius 2 is 1.84 bits per heavy atom. The highest BCUT2D eigenvalue weighted by Crippen LogP contribution is 2.15. The predicted molar refractivity (Wildman–Crippen MR) is 68.2 cm³/mol. The largest absolute Gasteiger partial charge is 0.379 e. The van der Waals surface area contributed by atoms with Crippen molar-refractivity contribution >= 4 is 27.5 Å². The molecule has 0 spiro atoms. The molecule has 0 aliphatic rings. The maximum absolute atomic E-state index is 11.1. The first-order chi connectivity index (χ1) is 8.86. The molecule has 0 aliphatic carbocycles. The molecule has 0 saturated carbocycles. The summed E-state index contributed by atoms with van der Waals surface area (Å²) < 4.78 is 22.1. The molecule has 0 radical (unpaired) electrons. The number of aromatic nitrogens is 3. The van der Waals surface area contributed by atoms with Crippen molar-refractivity contribution in [3.05, 3.63) is 34.6 Å². The average Bonchev–Trinajstić information content (AvgIpc) is 2.33. The molecular formula is C9H10N6O3S. The standard InChI is InChI=1S/C9H10N6O3S/c10-7-8(16)14-15-9(13-7)12-5-1-3-6(4-2-5)19(11,17)18/h1-4H,(H,14,16)(H2,11,17,18)(H3,10,12,13,15). The first-order valence-electron chi connectivity index (χ1n) is 4.98. The molecule has 1 aromatic carbocycles. The molecule has 1 heterocycles. The van der Waals surface area contributed by atoms with Gasteiger partial charge < -0.3 is 11.1 Å². The third-order valence-corrected chi connectivity index (χ3v) is 3.09. The molecule has 1 aromatic heterocycles. The maximum atomic E-state index is 11.1. The zero-order valence-corrected chi connectivity index (χ0v) is 10.3. The van der Waals surface area contributed by atoms with Crippen molar-refractivity contribution < 1.29 is 8.42 Å². The van der Waals surface area contributed by atoms with Gasteiger partial charge in [-0.1, -0.05) is 0 Å². The van der Waals surface area contributed by atoms with Crippen LogP contribution in [0.2, 0.25) is 0 Å². The number of rotatable bonds is 3. The summed E-state index contributed by atoms with van der Waals surface area (Å²) >= 11 is 0. The van der Waals surface area contributed by atoms with E-state index in [1.165, 1.54) is 24.3 Å². The molecule has 0 aliphatic heterocycles. The number of nitrogens with zero attached hydrogens (tertiary/aromatic N) is 2. The van der Waals surface area contributed by atoms with E-state index in [0.29, 0.717) is 5.69 Å². The van der Waals surface area contributed by atoms with Crippen LogP contribution in [0.5, 0.6) is 0 Å². The summed E-state index contributed by atoms with van der Waals surface area (Å²) in [7, 11) is -3.73. The van der Waals surface area contributed by atoms with Crippen molar-refractivity contribution in [2.75, 3.05) is 11.1 Å². The Morgan fingerprint density at radius 1 is 1.21 bits per heavy atom. The van der Waals surface area contributed by atoms with Gasteiger partial charge in [-0.05, 0) is 24.3 Å². The van der Waals surface area contributed by atoms with E-state index in [1.54, 1.807) is 0 Å². The zero-order valence-electron chi connectivity index (χ0n) is 9.49. The van der Waals surface area contributed by atoms with E-state index < -0.39 is 15.6 Å². The molecule has 0 amide bonds. The van der Waals surface area contributed by atoms with E-state index in [1.807, 2.05) is 0 Å². The number of nitrogens with two attached hydrogens (primary N) is 2. The maximum Gasteiger partial charge on any atom is 0.306 e. The van der Waals surface area contributed by atoms with Gasteiger partial charge in [0.25, 0.3) is 0 Å². The van der Waals surface area contributed by atoms with Gasteiger partial charge in [0.2, 0.25) is 16.0 Å². The van der Waals surface area contributed by atoms with Crippen LogP contribution >= 0.6 is 0 Å². The monoisotopic (exact) mass is 282 g/mol. The first kappa shape index (κ1) is 13.0. The van der Waals surface area contributed by atoms with Crippen molar-refractivity contribution in [1.29, 1.82) is 0 Å². The second kappa shape index (κ2) is 4.66. The molecule has 0 atom stereocenters. The molecule has 0 fully saturated rings. The van der Waals surface area contributed by atoms with E-state index in [4.69, 9.17) is 10.9 Å². The molecule has 19 heavy (non-hydrogen) atoms. The number of anilines is 3. The van der Waals surface area contributed by atoms with Gasteiger partial charge in [0, 0.05) is 5.69 Å². The van der Waals surface area contributed by atoms with Gasteiger partial charge in [0.05, 0.1) is 4.90 Å². The number of H-pyrrole nitrogens is 1.